The quantitative estimate of drug-likeness (QED) is 0.882. The van der Waals surface area contributed by atoms with Gasteiger partial charge in [0.1, 0.15) is 0 Å². The van der Waals surface area contributed by atoms with Gasteiger partial charge in [0.2, 0.25) is 0 Å². The predicted octanol–water partition coefficient (Wildman–Crippen LogP) is 2.19. The van der Waals surface area contributed by atoms with Crippen LogP contribution in [0.5, 0.6) is 0 Å². The summed E-state index contributed by atoms with van der Waals surface area (Å²) in [6.07, 6.45) is 3.13. The van der Waals surface area contributed by atoms with E-state index in [1.807, 2.05) is 23.1 Å². The van der Waals surface area contributed by atoms with Crippen LogP contribution < -0.4 is 16.0 Å². The van der Waals surface area contributed by atoms with Crippen LogP contribution >= 0.6 is 0 Å². The minimum atomic E-state index is -0.417. The first-order valence-electron chi connectivity index (χ1n) is 9.16. The SMILES string of the molecule is C[C@@H]1CC[C@@H](C)N(C(=O)N[C@@H]2CCN(c3ccccc3C(N)=O)C2)C1. The number of carbonyl (C=O) groups is 2. The fraction of sp³-hybridized carbons (Fsp3) is 0.579. The monoisotopic (exact) mass is 344 g/mol. The largest absolute Gasteiger partial charge is 0.369 e. The maximum Gasteiger partial charge on any atom is 0.317 e. The maximum absolute atomic E-state index is 12.7. The van der Waals surface area contributed by atoms with Crippen molar-refractivity contribution in [3.63, 3.8) is 0 Å². The summed E-state index contributed by atoms with van der Waals surface area (Å²) in [5, 5.41) is 3.18. The first kappa shape index (κ1) is 17.6. The topological polar surface area (TPSA) is 78.7 Å². The van der Waals surface area contributed by atoms with Crippen LogP contribution in [0.15, 0.2) is 24.3 Å². The standard InChI is InChI=1S/C19H28N4O2/c1-13-7-8-14(2)23(11-13)19(25)21-15-9-10-22(12-15)17-6-4-3-5-16(17)18(20)24/h3-6,13-15H,7-12H2,1-2H3,(H2,20,24)(H,21,25)/t13-,14-,15-/m1/s1. The van der Waals surface area contributed by atoms with Gasteiger partial charge in [0.25, 0.3) is 5.91 Å². The van der Waals surface area contributed by atoms with Gasteiger partial charge in [-0.25, -0.2) is 4.79 Å². The summed E-state index contributed by atoms with van der Waals surface area (Å²) in [5.74, 6) is 0.142. The second kappa shape index (κ2) is 7.33. The highest BCUT2D eigenvalue weighted by atomic mass is 16.2. The second-order valence-electron chi connectivity index (χ2n) is 7.45. The van der Waals surface area contributed by atoms with E-state index in [0.29, 0.717) is 24.1 Å². The van der Waals surface area contributed by atoms with Crippen molar-refractivity contribution >= 4 is 17.6 Å². The molecule has 2 aliphatic heterocycles. The van der Waals surface area contributed by atoms with E-state index in [2.05, 4.69) is 24.1 Å². The number of likely N-dealkylation sites (tertiary alicyclic amines) is 1. The number of anilines is 1. The normalized spacial score (nSPS) is 26.6. The number of nitrogens with one attached hydrogen (secondary N) is 1. The zero-order valence-corrected chi connectivity index (χ0v) is 15.1. The van der Waals surface area contributed by atoms with Gasteiger partial charge in [-0.2, -0.15) is 0 Å². The molecule has 3 rings (SSSR count). The smallest absolute Gasteiger partial charge is 0.317 e. The summed E-state index contributed by atoms with van der Waals surface area (Å²) in [6, 6.07) is 7.82. The van der Waals surface area contributed by atoms with Crippen LogP contribution in [0.3, 0.4) is 0 Å². The summed E-state index contributed by atoms with van der Waals surface area (Å²) in [4.78, 5) is 28.4. The third-order valence-corrected chi connectivity index (χ3v) is 5.40. The molecule has 3 N–H and O–H groups in total. The van der Waals surface area contributed by atoms with Gasteiger partial charge in [-0.05, 0) is 44.2 Å². The Morgan fingerprint density at radius 1 is 1.12 bits per heavy atom. The molecule has 2 aliphatic rings. The third-order valence-electron chi connectivity index (χ3n) is 5.40. The molecule has 0 saturated carbocycles. The molecule has 0 aliphatic carbocycles. The van der Waals surface area contributed by atoms with Crippen molar-refractivity contribution in [3.05, 3.63) is 29.8 Å². The molecule has 2 saturated heterocycles. The highest BCUT2D eigenvalue weighted by molar-refractivity contribution is 5.98. The van der Waals surface area contributed by atoms with Crippen molar-refractivity contribution in [3.8, 4) is 0 Å². The molecule has 136 valence electrons. The van der Waals surface area contributed by atoms with E-state index in [4.69, 9.17) is 5.73 Å². The molecule has 0 unspecified atom stereocenters. The number of primary amides is 1. The van der Waals surface area contributed by atoms with Crippen LogP contribution in [-0.4, -0.2) is 48.6 Å². The summed E-state index contributed by atoms with van der Waals surface area (Å²) in [7, 11) is 0. The van der Waals surface area contributed by atoms with Crippen molar-refractivity contribution in [2.45, 2.75) is 45.2 Å². The molecule has 0 radical (unpaired) electrons. The molecular formula is C19H28N4O2. The van der Waals surface area contributed by atoms with E-state index < -0.39 is 5.91 Å². The zero-order chi connectivity index (χ0) is 18.0. The number of rotatable bonds is 3. The van der Waals surface area contributed by atoms with Gasteiger partial charge in [0, 0.05) is 37.4 Å². The molecule has 0 bridgehead atoms. The van der Waals surface area contributed by atoms with Gasteiger partial charge >= 0.3 is 6.03 Å². The third kappa shape index (κ3) is 3.89. The van der Waals surface area contributed by atoms with Gasteiger partial charge < -0.3 is 20.9 Å². The van der Waals surface area contributed by atoms with Crippen LogP contribution in [0.4, 0.5) is 10.5 Å². The lowest BCUT2D eigenvalue weighted by atomic mass is 9.95. The fourth-order valence-corrected chi connectivity index (χ4v) is 3.88. The molecular weight excluding hydrogens is 316 g/mol. The van der Waals surface area contributed by atoms with Crippen molar-refractivity contribution in [1.82, 2.24) is 10.2 Å². The number of benzene rings is 1. The van der Waals surface area contributed by atoms with Gasteiger partial charge in [0.15, 0.2) is 0 Å². The number of nitrogens with two attached hydrogens (primary N) is 1. The van der Waals surface area contributed by atoms with Crippen molar-refractivity contribution in [1.29, 1.82) is 0 Å². The highest BCUT2D eigenvalue weighted by Gasteiger charge is 2.31. The predicted molar refractivity (Wildman–Crippen MR) is 98.7 cm³/mol. The number of nitrogens with zero attached hydrogens (tertiary/aromatic N) is 2. The van der Waals surface area contributed by atoms with Crippen molar-refractivity contribution < 1.29 is 9.59 Å². The summed E-state index contributed by atoms with van der Waals surface area (Å²) >= 11 is 0. The molecule has 1 aromatic rings. The van der Waals surface area contributed by atoms with Crippen LogP contribution in [0, 0.1) is 5.92 Å². The number of carbonyl (C=O) groups excluding carboxylic acids is 2. The van der Waals surface area contributed by atoms with Crippen molar-refractivity contribution in [2.24, 2.45) is 11.7 Å². The number of hydrogen-bond acceptors (Lipinski definition) is 3. The number of para-hydroxylation sites is 1. The van der Waals surface area contributed by atoms with E-state index in [0.717, 1.165) is 31.6 Å². The minimum absolute atomic E-state index is 0.0362. The van der Waals surface area contributed by atoms with Gasteiger partial charge in [0.05, 0.1) is 5.56 Å². The fourth-order valence-electron chi connectivity index (χ4n) is 3.88. The summed E-state index contributed by atoms with van der Waals surface area (Å²) in [5.41, 5.74) is 6.87. The van der Waals surface area contributed by atoms with Crippen LogP contribution in [0.1, 0.15) is 43.5 Å². The van der Waals surface area contributed by atoms with Crippen LogP contribution in [-0.2, 0) is 0 Å². The van der Waals surface area contributed by atoms with Crippen LogP contribution in [0.2, 0.25) is 0 Å². The summed E-state index contributed by atoms with van der Waals surface area (Å²) < 4.78 is 0. The highest BCUT2D eigenvalue weighted by Crippen LogP contribution is 2.25. The Hall–Kier alpha value is -2.24. The minimum Gasteiger partial charge on any atom is -0.369 e. The maximum atomic E-state index is 12.7. The number of amides is 3. The van der Waals surface area contributed by atoms with E-state index >= 15 is 0 Å². The molecule has 3 amide bonds. The molecule has 2 heterocycles. The van der Waals surface area contributed by atoms with Gasteiger partial charge in [-0.15, -0.1) is 0 Å². The van der Waals surface area contributed by atoms with E-state index in [1.54, 1.807) is 6.07 Å². The van der Waals surface area contributed by atoms with Crippen molar-refractivity contribution in [2.75, 3.05) is 24.5 Å². The average Bonchev–Trinajstić information content (AvgIpc) is 3.05. The Bertz CT molecular complexity index is 648. The molecule has 3 atom stereocenters. The van der Waals surface area contributed by atoms with E-state index in [9.17, 15) is 9.59 Å². The lowest BCUT2D eigenvalue weighted by Gasteiger charge is -2.37. The Morgan fingerprint density at radius 3 is 2.64 bits per heavy atom. The molecule has 1 aromatic carbocycles. The first-order chi connectivity index (χ1) is 12.0. The van der Waals surface area contributed by atoms with Crippen LogP contribution in [0.25, 0.3) is 0 Å². The zero-order valence-electron chi connectivity index (χ0n) is 15.1. The first-order valence-corrected chi connectivity index (χ1v) is 9.16. The summed E-state index contributed by atoms with van der Waals surface area (Å²) in [6.45, 7) is 6.66. The lowest BCUT2D eigenvalue weighted by Crippen LogP contribution is -2.52. The average molecular weight is 344 g/mol. The molecule has 6 heteroatoms. The Labute approximate surface area is 149 Å². The second-order valence-corrected chi connectivity index (χ2v) is 7.45. The van der Waals surface area contributed by atoms with Gasteiger partial charge in [-0.3, -0.25) is 4.79 Å². The Balaban J connectivity index is 1.62. The Morgan fingerprint density at radius 2 is 1.88 bits per heavy atom. The molecule has 0 spiro atoms. The number of piperidine rings is 1. The molecule has 6 nitrogen and oxygen atoms in total. The number of urea groups is 1. The van der Waals surface area contributed by atoms with Gasteiger partial charge in [-0.1, -0.05) is 19.1 Å². The molecule has 25 heavy (non-hydrogen) atoms. The molecule has 0 aromatic heterocycles. The van der Waals surface area contributed by atoms with E-state index in [-0.39, 0.29) is 12.1 Å². The number of hydrogen-bond donors (Lipinski definition) is 2. The molecule has 2 fully saturated rings. The Kier molecular flexibility index (Phi) is 5.16. The lowest BCUT2D eigenvalue weighted by molar-refractivity contribution is 0.100. The van der Waals surface area contributed by atoms with E-state index in [1.165, 1.54) is 6.42 Å².